The summed E-state index contributed by atoms with van der Waals surface area (Å²) in [4.78, 5) is 22.2. The smallest absolute Gasteiger partial charge is 0.261 e. The summed E-state index contributed by atoms with van der Waals surface area (Å²) in [6, 6.07) is 13.5. The van der Waals surface area contributed by atoms with Crippen LogP contribution >= 0.6 is 11.6 Å². The highest BCUT2D eigenvalue weighted by molar-refractivity contribution is 6.30. The lowest BCUT2D eigenvalue weighted by molar-refractivity contribution is 0.102. The number of carbonyl (C=O) groups is 1. The number of rotatable bonds is 6. The summed E-state index contributed by atoms with van der Waals surface area (Å²) in [5.74, 6) is 0.673. The van der Waals surface area contributed by atoms with Crippen LogP contribution in [0, 0.1) is 6.92 Å². The lowest BCUT2D eigenvalue weighted by atomic mass is 10.1. The number of aryl methyl sites for hydroxylation is 1. The van der Waals surface area contributed by atoms with Crippen LogP contribution in [0.4, 0.5) is 11.4 Å². The number of aliphatic hydroxyl groups is 1. The minimum Gasteiger partial charge on any atom is -0.497 e. The quantitative estimate of drug-likeness (QED) is 0.412. The van der Waals surface area contributed by atoms with Crippen molar-refractivity contribution in [1.29, 1.82) is 0 Å². The molecule has 0 bridgehead atoms. The number of nitrogens with zero attached hydrogens (tertiary/aromatic N) is 2. The zero-order chi connectivity index (χ0) is 24.2. The van der Waals surface area contributed by atoms with Crippen LogP contribution in [0.3, 0.4) is 0 Å². The largest absolute Gasteiger partial charge is 0.497 e. The molecule has 0 aliphatic carbocycles. The number of nitrogens with one attached hydrogen (secondary N) is 1. The topological polar surface area (TPSA) is 106 Å². The maximum atomic E-state index is 13.3. The number of anilines is 1. The SMILES string of the molecule is COc1ccc(NC(=O)c2cc3c(CO)cnc(C)c3oc2=Nc2cc(Cl)ccc2OC)cc1. The molecule has 0 atom stereocenters. The first-order valence-electron chi connectivity index (χ1n) is 10.3. The first-order chi connectivity index (χ1) is 16.4. The summed E-state index contributed by atoms with van der Waals surface area (Å²) in [6.07, 6.45) is 1.55. The molecule has 0 saturated carbocycles. The summed E-state index contributed by atoms with van der Waals surface area (Å²) in [6.45, 7) is 1.51. The minimum atomic E-state index is -0.450. The van der Waals surface area contributed by atoms with Gasteiger partial charge < -0.3 is 24.3 Å². The number of aliphatic hydroxyl groups excluding tert-OH is 1. The first kappa shape index (κ1) is 23.3. The van der Waals surface area contributed by atoms with Gasteiger partial charge in [-0.05, 0) is 55.5 Å². The van der Waals surface area contributed by atoms with Gasteiger partial charge >= 0.3 is 0 Å². The number of ether oxygens (including phenoxy) is 2. The Bertz CT molecular complexity index is 1430. The molecule has 34 heavy (non-hydrogen) atoms. The van der Waals surface area contributed by atoms with E-state index in [2.05, 4.69) is 15.3 Å². The van der Waals surface area contributed by atoms with Gasteiger partial charge in [-0.15, -0.1) is 0 Å². The molecule has 2 heterocycles. The molecule has 0 saturated heterocycles. The maximum absolute atomic E-state index is 13.3. The molecule has 0 aliphatic heterocycles. The Morgan fingerprint density at radius 3 is 2.59 bits per heavy atom. The lowest BCUT2D eigenvalue weighted by Crippen LogP contribution is -2.22. The third-order valence-corrected chi connectivity index (χ3v) is 5.41. The first-order valence-corrected chi connectivity index (χ1v) is 10.7. The highest BCUT2D eigenvalue weighted by atomic mass is 35.5. The van der Waals surface area contributed by atoms with Crippen molar-refractivity contribution in [3.8, 4) is 11.5 Å². The lowest BCUT2D eigenvalue weighted by Gasteiger charge is -2.11. The monoisotopic (exact) mass is 479 g/mol. The van der Waals surface area contributed by atoms with Crippen molar-refractivity contribution in [3.63, 3.8) is 0 Å². The minimum absolute atomic E-state index is 0.0408. The van der Waals surface area contributed by atoms with Gasteiger partial charge in [-0.2, -0.15) is 0 Å². The number of hydrogen-bond acceptors (Lipinski definition) is 7. The molecule has 0 radical (unpaired) electrons. The number of carbonyl (C=O) groups excluding carboxylic acids is 1. The predicted octanol–water partition coefficient (Wildman–Crippen LogP) is 4.78. The molecular weight excluding hydrogens is 458 g/mol. The second-order valence-electron chi connectivity index (χ2n) is 7.35. The highest BCUT2D eigenvalue weighted by Crippen LogP contribution is 2.30. The molecule has 0 spiro atoms. The highest BCUT2D eigenvalue weighted by Gasteiger charge is 2.17. The molecule has 4 rings (SSSR count). The Morgan fingerprint density at radius 2 is 1.91 bits per heavy atom. The Balaban J connectivity index is 1.92. The van der Waals surface area contributed by atoms with E-state index in [1.54, 1.807) is 68.8 Å². The fourth-order valence-electron chi connectivity index (χ4n) is 3.39. The van der Waals surface area contributed by atoms with Crippen molar-refractivity contribution in [2.45, 2.75) is 13.5 Å². The van der Waals surface area contributed by atoms with Gasteiger partial charge in [0.05, 0.1) is 26.5 Å². The summed E-state index contributed by atoms with van der Waals surface area (Å²) in [5, 5.41) is 13.6. The van der Waals surface area contributed by atoms with Crippen molar-refractivity contribution in [1.82, 2.24) is 4.98 Å². The summed E-state index contributed by atoms with van der Waals surface area (Å²) >= 11 is 6.16. The molecule has 0 unspecified atom stereocenters. The number of aromatic nitrogens is 1. The van der Waals surface area contributed by atoms with E-state index in [9.17, 15) is 9.90 Å². The fourth-order valence-corrected chi connectivity index (χ4v) is 3.56. The van der Waals surface area contributed by atoms with E-state index in [0.717, 1.165) is 0 Å². The van der Waals surface area contributed by atoms with Crippen LogP contribution in [0.1, 0.15) is 21.6 Å². The van der Waals surface area contributed by atoms with Crippen molar-refractivity contribution in [2.24, 2.45) is 4.99 Å². The zero-order valence-corrected chi connectivity index (χ0v) is 19.5. The molecular formula is C25H22ClN3O5. The van der Waals surface area contributed by atoms with Gasteiger partial charge in [0.25, 0.3) is 5.91 Å². The molecule has 4 aromatic rings. The van der Waals surface area contributed by atoms with Crippen LogP contribution in [0.2, 0.25) is 5.02 Å². The van der Waals surface area contributed by atoms with E-state index < -0.39 is 5.91 Å². The number of halogens is 1. The zero-order valence-electron chi connectivity index (χ0n) is 18.8. The van der Waals surface area contributed by atoms with Gasteiger partial charge in [-0.3, -0.25) is 9.78 Å². The van der Waals surface area contributed by atoms with Crippen molar-refractivity contribution in [2.75, 3.05) is 19.5 Å². The van der Waals surface area contributed by atoms with Gasteiger partial charge in [0.1, 0.15) is 22.7 Å². The van der Waals surface area contributed by atoms with Crippen molar-refractivity contribution < 1.29 is 23.8 Å². The van der Waals surface area contributed by atoms with Crippen molar-refractivity contribution in [3.05, 3.63) is 82.1 Å². The van der Waals surface area contributed by atoms with Crippen LogP contribution in [0.25, 0.3) is 11.0 Å². The van der Waals surface area contributed by atoms with Crippen LogP contribution < -0.4 is 20.3 Å². The van der Waals surface area contributed by atoms with Gasteiger partial charge in [0.2, 0.25) is 5.55 Å². The summed E-state index contributed by atoms with van der Waals surface area (Å²) < 4.78 is 16.6. The molecule has 2 N–H and O–H groups in total. The molecule has 0 aliphatic rings. The second kappa shape index (κ2) is 9.94. The molecule has 1 amide bonds. The second-order valence-corrected chi connectivity index (χ2v) is 7.78. The molecule has 2 aromatic carbocycles. The number of hydrogen-bond donors (Lipinski definition) is 2. The Kier molecular flexibility index (Phi) is 6.81. The number of pyridine rings is 1. The van der Waals surface area contributed by atoms with Crippen LogP contribution in [0.5, 0.6) is 11.5 Å². The molecule has 8 nitrogen and oxygen atoms in total. The fraction of sp³-hybridized carbons (Fsp3) is 0.160. The van der Waals surface area contributed by atoms with Crippen LogP contribution in [-0.4, -0.2) is 30.2 Å². The third-order valence-electron chi connectivity index (χ3n) is 5.18. The maximum Gasteiger partial charge on any atom is 0.261 e. The van der Waals surface area contributed by atoms with E-state index in [1.165, 1.54) is 7.11 Å². The van der Waals surface area contributed by atoms with Gasteiger partial charge in [-0.1, -0.05) is 11.6 Å². The summed E-state index contributed by atoms with van der Waals surface area (Å²) in [7, 11) is 3.08. The van der Waals surface area contributed by atoms with Gasteiger partial charge in [0.15, 0.2) is 5.58 Å². The third kappa shape index (κ3) is 4.73. The predicted molar refractivity (Wildman–Crippen MR) is 129 cm³/mol. The number of methoxy groups -OCH3 is 2. The Morgan fingerprint density at radius 1 is 1.15 bits per heavy atom. The molecule has 0 fully saturated rings. The molecule has 174 valence electrons. The van der Waals surface area contributed by atoms with E-state index in [0.29, 0.717) is 50.1 Å². The van der Waals surface area contributed by atoms with Crippen LogP contribution in [-0.2, 0) is 6.61 Å². The van der Waals surface area contributed by atoms with Gasteiger partial charge in [0, 0.05) is 27.9 Å². The Hall–Kier alpha value is -3.88. The van der Waals surface area contributed by atoms with E-state index in [4.69, 9.17) is 25.5 Å². The normalized spacial score (nSPS) is 11.5. The van der Waals surface area contributed by atoms with Crippen molar-refractivity contribution >= 4 is 39.9 Å². The number of fused-ring (bicyclic) bond motifs is 1. The number of benzene rings is 2. The average molecular weight is 480 g/mol. The van der Waals surface area contributed by atoms with E-state index in [-0.39, 0.29) is 17.7 Å². The van der Waals surface area contributed by atoms with E-state index in [1.807, 2.05) is 0 Å². The molecule has 9 heteroatoms. The van der Waals surface area contributed by atoms with Crippen LogP contribution in [0.15, 0.2) is 64.1 Å². The average Bonchev–Trinajstić information content (AvgIpc) is 2.85. The number of amides is 1. The summed E-state index contributed by atoms with van der Waals surface area (Å²) in [5.41, 5.74) is 2.67. The Labute approximate surface area is 200 Å². The van der Waals surface area contributed by atoms with E-state index >= 15 is 0 Å². The van der Waals surface area contributed by atoms with Gasteiger partial charge in [-0.25, -0.2) is 4.99 Å². The molecule has 2 aromatic heterocycles. The standard InChI is InChI=1S/C25H22ClN3O5/c1-14-23-19(15(13-30)12-27-14)11-20(24(31)28-17-5-7-18(32-2)8-6-17)25(34-23)29-21-10-16(26)4-9-22(21)33-3/h4-12,30H,13H2,1-3H3,(H,28,31).